The number of aliphatic carboxylic acids is 1. The van der Waals surface area contributed by atoms with Crippen molar-refractivity contribution in [2.24, 2.45) is 0 Å². The Balaban J connectivity index is 1.60. The Morgan fingerprint density at radius 2 is 1.76 bits per heavy atom. The van der Waals surface area contributed by atoms with Gasteiger partial charge in [-0.15, -0.1) is 5.10 Å². The zero-order valence-corrected chi connectivity index (χ0v) is 15.9. The third-order valence-corrected chi connectivity index (χ3v) is 4.99. The molecule has 2 heterocycles. The van der Waals surface area contributed by atoms with Gasteiger partial charge < -0.3 is 14.7 Å². The number of rotatable bonds is 4. The number of carboxylic acids is 1. The second-order valence-electron chi connectivity index (χ2n) is 6.78. The minimum atomic E-state index is -1.10. The summed E-state index contributed by atoms with van der Waals surface area (Å²) in [6.07, 6.45) is 0. The highest BCUT2D eigenvalue weighted by Crippen LogP contribution is 2.22. The molecule has 1 N–H and O–H groups in total. The zero-order valence-electron chi connectivity index (χ0n) is 15.9. The molecule has 1 fully saturated rings. The average molecular weight is 392 g/mol. The van der Waals surface area contributed by atoms with E-state index in [-0.39, 0.29) is 18.8 Å². The van der Waals surface area contributed by atoms with Gasteiger partial charge in [0.05, 0.1) is 24.6 Å². The van der Waals surface area contributed by atoms with Crippen LogP contribution in [0.2, 0.25) is 0 Å². The van der Waals surface area contributed by atoms with E-state index in [0.29, 0.717) is 12.3 Å². The predicted octanol–water partition coefficient (Wildman–Crippen LogP) is 2.17. The van der Waals surface area contributed by atoms with Gasteiger partial charge in [-0.2, -0.15) is 0 Å². The first kappa shape index (κ1) is 18.8. The lowest BCUT2D eigenvalue weighted by Crippen LogP contribution is -2.52. The van der Waals surface area contributed by atoms with E-state index >= 15 is 0 Å². The van der Waals surface area contributed by atoms with Gasteiger partial charge in [-0.3, -0.25) is 4.79 Å². The lowest BCUT2D eigenvalue weighted by molar-refractivity contribution is -0.147. The maximum atomic E-state index is 12.9. The predicted molar refractivity (Wildman–Crippen MR) is 105 cm³/mol. The Morgan fingerprint density at radius 3 is 2.45 bits per heavy atom. The number of carbonyl (C=O) groups excluding carboxylic acids is 1. The Morgan fingerprint density at radius 1 is 1.07 bits per heavy atom. The summed E-state index contributed by atoms with van der Waals surface area (Å²) < 4.78 is 6.78. The first-order chi connectivity index (χ1) is 14.1. The molecule has 29 heavy (non-hydrogen) atoms. The van der Waals surface area contributed by atoms with Gasteiger partial charge in [-0.25, -0.2) is 9.48 Å². The fourth-order valence-corrected chi connectivity index (χ4v) is 3.39. The van der Waals surface area contributed by atoms with Gasteiger partial charge in [-0.05, 0) is 30.2 Å². The van der Waals surface area contributed by atoms with Crippen molar-refractivity contribution in [2.75, 3.05) is 19.8 Å². The Hall–Kier alpha value is -3.52. The van der Waals surface area contributed by atoms with Crippen molar-refractivity contribution in [2.45, 2.75) is 13.0 Å². The highest BCUT2D eigenvalue weighted by atomic mass is 16.5. The number of benzene rings is 2. The van der Waals surface area contributed by atoms with Crippen LogP contribution < -0.4 is 0 Å². The first-order valence-electron chi connectivity index (χ1n) is 9.26. The van der Waals surface area contributed by atoms with E-state index in [9.17, 15) is 14.7 Å². The Labute approximate surface area is 167 Å². The van der Waals surface area contributed by atoms with E-state index in [1.807, 2.05) is 54.6 Å². The molecular weight excluding hydrogens is 372 g/mol. The third-order valence-electron chi connectivity index (χ3n) is 4.99. The second-order valence-corrected chi connectivity index (χ2v) is 6.78. The average Bonchev–Trinajstić information content (AvgIpc) is 3.15. The van der Waals surface area contributed by atoms with Crippen LogP contribution in [-0.2, 0) is 9.53 Å². The van der Waals surface area contributed by atoms with Crippen molar-refractivity contribution in [1.82, 2.24) is 19.9 Å². The molecule has 1 aliphatic rings. The SMILES string of the molecule is Cc1c(C(=O)N2CCOC[C@H]2C(=O)O)nnn1-c1ccc(-c2ccccc2)cc1. The van der Waals surface area contributed by atoms with E-state index in [4.69, 9.17) is 4.74 Å². The Bertz CT molecular complexity index is 1030. The molecule has 0 saturated carbocycles. The number of aromatic nitrogens is 3. The van der Waals surface area contributed by atoms with E-state index < -0.39 is 17.9 Å². The third kappa shape index (κ3) is 3.62. The summed E-state index contributed by atoms with van der Waals surface area (Å²) in [5.41, 5.74) is 3.65. The van der Waals surface area contributed by atoms with Crippen molar-refractivity contribution in [3.8, 4) is 16.8 Å². The number of amides is 1. The molecule has 1 amide bonds. The second kappa shape index (κ2) is 7.84. The summed E-state index contributed by atoms with van der Waals surface area (Å²) in [6, 6.07) is 16.8. The number of ether oxygens (including phenoxy) is 1. The summed E-state index contributed by atoms with van der Waals surface area (Å²) in [7, 11) is 0. The molecule has 1 atom stereocenters. The molecular formula is C21H20N4O4. The molecule has 1 aliphatic heterocycles. The van der Waals surface area contributed by atoms with Gasteiger partial charge >= 0.3 is 5.97 Å². The number of carbonyl (C=O) groups is 2. The van der Waals surface area contributed by atoms with Gasteiger partial charge in [0, 0.05) is 6.54 Å². The van der Waals surface area contributed by atoms with Crippen molar-refractivity contribution in [3.63, 3.8) is 0 Å². The molecule has 0 aliphatic carbocycles. The lowest BCUT2D eigenvalue weighted by Gasteiger charge is -2.32. The molecule has 1 saturated heterocycles. The molecule has 2 aromatic carbocycles. The molecule has 4 rings (SSSR count). The number of morpholine rings is 1. The summed E-state index contributed by atoms with van der Waals surface area (Å²) in [5.74, 6) is -1.55. The van der Waals surface area contributed by atoms with E-state index in [1.54, 1.807) is 11.6 Å². The highest BCUT2D eigenvalue weighted by Gasteiger charge is 2.35. The van der Waals surface area contributed by atoms with Gasteiger partial charge in [-0.1, -0.05) is 47.7 Å². The zero-order chi connectivity index (χ0) is 20.4. The van der Waals surface area contributed by atoms with Crippen LogP contribution in [0.4, 0.5) is 0 Å². The largest absolute Gasteiger partial charge is 0.480 e. The summed E-state index contributed by atoms with van der Waals surface area (Å²) in [6.45, 7) is 2.21. The van der Waals surface area contributed by atoms with Gasteiger partial charge in [0.1, 0.15) is 0 Å². The molecule has 1 aromatic heterocycles. The lowest BCUT2D eigenvalue weighted by atomic mass is 10.1. The first-order valence-corrected chi connectivity index (χ1v) is 9.26. The van der Waals surface area contributed by atoms with Crippen LogP contribution in [0.3, 0.4) is 0 Å². The number of nitrogens with zero attached hydrogens (tertiary/aromatic N) is 4. The van der Waals surface area contributed by atoms with Crippen molar-refractivity contribution >= 4 is 11.9 Å². The minimum Gasteiger partial charge on any atom is -0.480 e. The molecule has 8 nitrogen and oxygen atoms in total. The smallest absolute Gasteiger partial charge is 0.328 e. The monoisotopic (exact) mass is 392 g/mol. The van der Waals surface area contributed by atoms with E-state index in [2.05, 4.69) is 10.3 Å². The normalized spacial score (nSPS) is 16.6. The van der Waals surface area contributed by atoms with Gasteiger partial charge in [0.15, 0.2) is 11.7 Å². The topological polar surface area (TPSA) is 97.6 Å². The van der Waals surface area contributed by atoms with E-state index in [1.165, 1.54) is 4.90 Å². The quantitative estimate of drug-likeness (QED) is 0.731. The number of carboxylic acid groups (broad SMARTS) is 1. The Kier molecular flexibility index (Phi) is 5.09. The van der Waals surface area contributed by atoms with Crippen LogP contribution in [0.1, 0.15) is 16.2 Å². The molecule has 8 heteroatoms. The molecule has 0 radical (unpaired) electrons. The molecule has 0 bridgehead atoms. The van der Waals surface area contributed by atoms with Crippen LogP contribution in [0.5, 0.6) is 0 Å². The van der Waals surface area contributed by atoms with Crippen LogP contribution in [-0.4, -0.2) is 62.7 Å². The molecule has 3 aromatic rings. The van der Waals surface area contributed by atoms with Gasteiger partial charge in [0.25, 0.3) is 5.91 Å². The van der Waals surface area contributed by atoms with Crippen molar-refractivity contribution in [3.05, 3.63) is 66.0 Å². The van der Waals surface area contributed by atoms with Crippen LogP contribution >= 0.6 is 0 Å². The standard InChI is InChI=1S/C21H20N4O4/c1-14-19(20(26)24-11-12-29-13-18(24)21(27)28)22-23-25(14)17-9-7-16(8-10-17)15-5-3-2-4-6-15/h2-10,18H,11-13H2,1H3,(H,27,28)/t18-/m0/s1. The minimum absolute atomic E-state index is 0.0325. The fraction of sp³-hybridized carbons (Fsp3) is 0.238. The molecule has 148 valence electrons. The number of hydrogen-bond acceptors (Lipinski definition) is 5. The van der Waals surface area contributed by atoms with Crippen molar-refractivity contribution in [1.29, 1.82) is 0 Å². The van der Waals surface area contributed by atoms with Crippen LogP contribution in [0.15, 0.2) is 54.6 Å². The number of hydrogen-bond donors (Lipinski definition) is 1. The maximum Gasteiger partial charge on any atom is 0.328 e. The van der Waals surface area contributed by atoms with E-state index in [0.717, 1.165) is 16.8 Å². The highest BCUT2D eigenvalue weighted by molar-refractivity contribution is 5.96. The molecule has 0 spiro atoms. The summed E-state index contributed by atoms with van der Waals surface area (Å²) in [4.78, 5) is 25.6. The maximum absolute atomic E-state index is 12.9. The van der Waals surface area contributed by atoms with Crippen LogP contribution in [0.25, 0.3) is 16.8 Å². The van der Waals surface area contributed by atoms with Gasteiger partial charge in [0.2, 0.25) is 0 Å². The fourth-order valence-electron chi connectivity index (χ4n) is 3.39. The summed E-state index contributed by atoms with van der Waals surface area (Å²) >= 11 is 0. The van der Waals surface area contributed by atoms with Crippen molar-refractivity contribution < 1.29 is 19.4 Å². The van der Waals surface area contributed by atoms with Crippen LogP contribution in [0, 0.1) is 6.92 Å². The summed E-state index contributed by atoms with van der Waals surface area (Å²) in [5, 5.41) is 17.5. The molecule has 0 unspecified atom stereocenters.